The second-order valence-electron chi connectivity index (χ2n) is 5.03. The molecule has 0 saturated carbocycles. The summed E-state index contributed by atoms with van der Waals surface area (Å²) < 4.78 is 28.6. The highest BCUT2D eigenvalue weighted by molar-refractivity contribution is 6.30. The van der Waals surface area contributed by atoms with Gasteiger partial charge in [0.05, 0.1) is 6.04 Å². The Bertz CT molecular complexity index is 611. The SMILES string of the molecule is CCCNC(c1ccc(Cl)cc1)c1c(F)ccc(C)c1F. The van der Waals surface area contributed by atoms with Crippen molar-refractivity contribution in [2.75, 3.05) is 6.54 Å². The second-order valence-corrected chi connectivity index (χ2v) is 5.47. The zero-order valence-electron chi connectivity index (χ0n) is 12.1. The lowest BCUT2D eigenvalue weighted by atomic mass is 9.96. The van der Waals surface area contributed by atoms with Crippen molar-refractivity contribution in [1.82, 2.24) is 5.32 Å². The topological polar surface area (TPSA) is 12.0 Å². The van der Waals surface area contributed by atoms with E-state index in [9.17, 15) is 8.78 Å². The molecule has 0 spiro atoms. The van der Waals surface area contributed by atoms with Crippen LogP contribution < -0.4 is 5.32 Å². The molecule has 112 valence electrons. The van der Waals surface area contributed by atoms with Gasteiger partial charge in [-0.2, -0.15) is 0 Å². The zero-order chi connectivity index (χ0) is 15.4. The van der Waals surface area contributed by atoms with Crippen LogP contribution in [0.1, 0.15) is 36.1 Å². The van der Waals surface area contributed by atoms with Gasteiger partial charge in [0, 0.05) is 10.6 Å². The monoisotopic (exact) mass is 309 g/mol. The zero-order valence-corrected chi connectivity index (χ0v) is 12.8. The Balaban J connectivity index is 2.50. The number of benzene rings is 2. The summed E-state index contributed by atoms with van der Waals surface area (Å²) in [4.78, 5) is 0. The lowest BCUT2D eigenvalue weighted by molar-refractivity contribution is 0.499. The molecule has 0 radical (unpaired) electrons. The molecule has 2 rings (SSSR count). The van der Waals surface area contributed by atoms with Crippen LogP contribution >= 0.6 is 11.6 Å². The third-order valence-electron chi connectivity index (χ3n) is 3.41. The standard InChI is InChI=1S/C17H18ClF2N/c1-3-10-21-17(12-5-7-13(18)8-6-12)15-14(19)9-4-11(2)16(15)20/h4-9,17,21H,3,10H2,1-2H3. The minimum absolute atomic E-state index is 0.0609. The Kier molecular flexibility index (Phi) is 5.32. The van der Waals surface area contributed by atoms with Gasteiger partial charge in [-0.1, -0.05) is 36.7 Å². The van der Waals surface area contributed by atoms with Crippen molar-refractivity contribution in [3.05, 3.63) is 69.7 Å². The Hall–Kier alpha value is -1.45. The first-order chi connectivity index (χ1) is 10.0. The van der Waals surface area contributed by atoms with Gasteiger partial charge in [-0.05, 0) is 49.2 Å². The molecule has 1 nitrogen and oxygen atoms in total. The van der Waals surface area contributed by atoms with Crippen LogP contribution in [0.25, 0.3) is 0 Å². The maximum atomic E-state index is 14.4. The molecular weight excluding hydrogens is 292 g/mol. The molecule has 1 atom stereocenters. The summed E-state index contributed by atoms with van der Waals surface area (Å²) in [7, 11) is 0. The summed E-state index contributed by atoms with van der Waals surface area (Å²) in [6.07, 6.45) is 0.874. The highest BCUT2D eigenvalue weighted by Crippen LogP contribution is 2.29. The molecule has 0 saturated heterocycles. The Morgan fingerprint density at radius 2 is 1.76 bits per heavy atom. The molecule has 1 unspecified atom stereocenters. The fourth-order valence-electron chi connectivity index (χ4n) is 2.27. The molecular formula is C17H18ClF2N. The Morgan fingerprint density at radius 3 is 2.38 bits per heavy atom. The van der Waals surface area contributed by atoms with Gasteiger partial charge < -0.3 is 5.32 Å². The van der Waals surface area contributed by atoms with Crippen LogP contribution in [0.4, 0.5) is 8.78 Å². The molecule has 0 amide bonds. The van der Waals surface area contributed by atoms with Crippen molar-refractivity contribution < 1.29 is 8.78 Å². The fourth-order valence-corrected chi connectivity index (χ4v) is 2.40. The first-order valence-corrected chi connectivity index (χ1v) is 7.35. The molecule has 0 aliphatic heterocycles. The van der Waals surface area contributed by atoms with Crippen molar-refractivity contribution in [3.63, 3.8) is 0 Å². The number of hydrogen-bond acceptors (Lipinski definition) is 1. The summed E-state index contributed by atoms with van der Waals surface area (Å²) in [6, 6.07) is 9.26. The van der Waals surface area contributed by atoms with E-state index >= 15 is 0 Å². The average molecular weight is 310 g/mol. The van der Waals surface area contributed by atoms with E-state index < -0.39 is 17.7 Å². The number of halogens is 3. The van der Waals surface area contributed by atoms with Gasteiger partial charge in [0.25, 0.3) is 0 Å². The summed E-state index contributed by atoms with van der Waals surface area (Å²) in [5, 5.41) is 3.80. The number of aryl methyl sites for hydroxylation is 1. The first-order valence-electron chi connectivity index (χ1n) is 6.98. The minimum Gasteiger partial charge on any atom is -0.306 e. The van der Waals surface area contributed by atoms with Crippen LogP contribution in [-0.2, 0) is 0 Å². The number of nitrogens with one attached hydrogen (secondary N) is 1. The van der Waals surface area contributed by atoms with Crippen LogP contribution in [0.2, 0.25) is 5.02 Å². The quantitative estimate of drug-likeness (QED) is 0.818. The van der Waals surface area contributed by atoms with Crippen LogP contribution in [0.15, 0.2) is 36.4 Å². The number of hydrogen-bond donors (Lipinski definition) is 1. The average Bonchev–Trinajstić information content (AvgIpc) is 2.48. The molecule has 0 bridgehead atoms. The van der Waals surface area contributed by atoms with Gasteiger partial charge >= 0.3 is 0 Å². The highest BCUT2D eigenvalue weighted by Gasteiger charge is 2.22. The fraction of sp³-hybridized carbons (Fsp3) is 0.294. The molecule has 0 heterocycles. The van der Waals surface area contributed by atoms with Crippen LogP contribution in [0.5, 0.6) is 0 Å². The molecule has 0 aromatic heterocycles. The molecule has 2 aromatic carbocycles. The lowest BCUT2D eigenvalue weighted by Crippen LogP contribution is -2.25. The van der Waals surface area contributed by atoms with Crippen LogP contribution in [0, 0.1) is 18.6 Å². The largest absolute Gasteiger partial charge is 0.306 e. The molecule has 21 heavy (non-hydrogen) atoms. The van der Waals surface area contributed by atoms with Gasteiger partial charge in [0.1, 0.15) is 11.6 Å². The summed E-state index contributed by atoms with van der Waals surface area (Å²) in [6.45, 7) is 4.31. The molecule has 4 heteroatoms. The molecule has 0 fully saturated rings. The number of rotatable bonds is 5. The van der Waals surface area contributed by atoms with Crippen molar-refractivity contribution >= 4 is 11.6 Å². The smallest absolute Gasteiger partial charge is 0.134 e. The Labute approximate surface area is 128 Å². The van der Waals surface area contributed by atoms with E-state index in [1.54, 1.807) is 31.2 Å². The van der Waals surface area contributed by atoms with E-state index in [1.807, 2.05) is 6.92 Å². The van der Waals surface area contributed by atoms with Gasteiger partial charge in [0.15, 0.2) is 0 Å². The van der Waals surface area contributed by atoms with Crippen molar-refractivity contribution in [1.29, 1.82) is 0 Å². The van der Waals surface area contributed by atoms with E-state index in [0.717, 1.165) is 12.0 Å². The van der Waals surface area contributed by atoms with Crippen molar-refractivity contribution in [3.8, 4) is 0 Å². The van der Waals surface area contributed by atoms with Crippen molar-refractivity contribution in [2.24, 2.45) is 0 Å². The summed E-state index contributed by atoms with van der Waals surface area (Å²) >= 11 is 5.89. The molecule has 0 aliphatic carbocycles. The predicted octanol–water partition coefficient (Wildman–Crippen LogP) is 5.02. The minimum atomic E-state index is -0.540. The third kappa shape index (κ3) is 3.60. The van der Waals surface area contributed by atoms with E-state index in [1.165, 1.54) is 12.1 Å². The summed E-state index contributed by atoms with van der Waals surface area (Å²) in [5.41, 5.74) is 1.28. The normalized spacial score (nSPS) is 12.4. The second kappa shape index (κ2) is 7.01. The van der Waals surface area contributed by atoms with E-state index in [4.69, 9.17) is 11.6 Å². The van der Waals surface area contributed by atoms with E-state index in [-0.39, 0.29) is 5.56 Å². The third-order valence-corrected chi connectivity index (χ3v) is 3.66. The van der Waals surface area contributed by atoms with Gasteiger partial charge in [-0.3, -0.25) is 0 Å². The van der Waals surface area contributed by atoms with Gasteiger partial charge in [-0.15, -0.1) is 0 Å². The van der Waals surface area contributed by atoms with Crippen LogP contribution in [-0.4, -0.2) is 6.54 Å². The lowest BCUT2D eigenvalue weighted by Gasteiger charge is -2.21. The Morgan fingerprint density at radius 1 is 1.10 bits per heavy atom. The first kappa shape index (κ1) is 15.9. The van der Waals surface area contributed by atoms with Crippen LogP contribution in [0.3, 0.4) is 0 Å². The predicted molar refractivity (Wildman–Crippen MR) is 82.7 cm³/mol. The van der Waals surface area contributed by atoms with E-state index in [2.05, 4.69) is 5.32 Å². The maximum Gasteiger partial charge on any atom is 0.134 e. The summed E-state index contributed by atoms with van der Waals surface area (Å²) in [5.74, 6) is -1.04. The molecule has 1 N–H and O–H groups in total. The molecule has 2 aromatic rings. The van der Waals surface area contributed by atoms with E-state index in [0.29, 0.717) is 17.1 Å². The van der Waals surface area contributed by atoms with Crippen molar-refractivity contribution in [2.45, 2.75) is 26.3 Å². The molecule has 0 aliphatic rings. The van der Waals surface area contributed by atoms with Gasteiger partial charge in [0.2, 0.25) is 0 Å². The maximum absolute atomic E-state index is 14.4. The highest BCUT2D eigenvalue weighted by atomic mass is 35.5. The van der Waals surface area contributed by atoms with Gasteiger partial charge in [-0.25, -0.2) is 8.78 Å².